The highest BCUT2D eigenvalue weighted by Crippen LogP contribution is 2.30. The molecule has 0 aromatic carbocycles. The molecule has 1 amide bonds. The van der Waals surface area contributed by atoms with Crippen molar-refractivity contribution in [3.05, 3.63) is 6.33 Å². The van der Waals surface area contributed by atoms with E-state index >= 15 is 0 Å². The summed E-state index contributed by atoms with van der Waals surface area (Å²) in [7, 11) is 3.24. The fraction of sp³-hybridized carbons (Fsp3) is 0.545. The summed E-state index contributed by atoms with van der Waals surface area (Å²) in [5, 5.41) is 2.79. The van der Waals surface area contributed by atoms with E-state index in [4.69, 9.17) is 10.6 Å². The molecule has 4 N–H and O–H groups in total. The Morgan fingerprint density at radius 3 is 2.84 bits per heavy atom. The second-order valence-electron chi connectivity index (χ2n) is 3.93. The van der Waals surface area contributed by atoms with Gasteiger partial charge in [-0.15, -0.1) is 0 Å². The van der Waals surface area contributed by atoms with Crippen LogP contribution in [0.4, 0.5) is 11.6 Å². The summed E-state index contributed by atoms with van der Waals surface area (Å²) >= 11 is 0. The average Bonchev–Trinajstić information content (AvgIpc) is 2.43. The minimum atomic E-state index is -0.0766. The highest BCUT2D eigenvalue weighted by Gasteiger charge is 2.16. The lowest BCUT2D eigenvalue weighted by molar-refractivity contribution is -0.119. The Bertz CT molecular complexity index is 426. The van der Waals surface area contributed by atoms with E-state index in [0.29, 0.717) is 23.9 Å². The van der Waals surface area contributed by atoms with Crippen LogP contribution >= 0.6 is 0 Å². The molecule has 0 aliphatic carbocycles. The number of likely N-dealkylation sites (N-methyl/N-ethyl adjacent to an activating group) is 1. The van der Waals surface area contributed by atoms with Crippen molar-refractivity contribution >= 4 is 17.5 Å². The maximum atomic E-state index is 11.7. The molecule has 1 heterocycles. The van der Waals surface area contributed by atoms with Crippen LogP contribution in [0, 0.1) is 0 Å². The number of ether oxygens (including phenoxy) is 1. The number of nitrogens with zero attached hydrogens (tertiary/aromatic N) is 3. The SMILES string of the molecule is CCCNC(=O)CN(C)c1ncnc(NN)c1OC. The van der Waals surface area contributed by atoms with Gasteiger partial charge >= 0.3 is 0 Å². The monoisotopic (exact) mass is 268 g/mol. The zero-order valence-corrected chi connectivity index (χ0v) is 11.4. The maximum Gasteiger partial charge on any atom is 0.239 e. The quantitative estimate of drug-likeness (QED) is 0.462. The average molecular weight is 268 g/mol. The number of hydrogen-bond donors (Lipinski definition) is 3. The number of nitrogens with one attached hydrogen (secondary N) is 2. The number of carbonyl (C=O) groups excluding carboxylic acids is 1. The molecule has 0 spiro atoms. The van der Waals surface area contributed by atoms with E-state index in [1.807, 2.05) is 6.92 Å². The van der Waals surface area contributed by atoms with Gasteiger partial charge in [0.2, 0.25) is 11.7 Å². The molecule has 8 heteroatoms. The highest BCUT2D eigenvalue weighted by molar-refractivity contribution is 5.81. The molecule has 106 valence electrons. The van der Waals surface area contributed by atoms with Gasteiger partial charge in [0.25, 0.3) is 0 Å². The number of hydrazine groups is 1. The molecule has 0 atom stereocenters. The largest absolute Gasteiger partial charge is 0.490 e. The van der Waals surface area contributed by atoms with E-state index in [9.17, 15) is 4.79 Å². The topological polar surface area (TPSA) is 105 Å². The number of methoxy groups -OCH3 is 1. The van der Waals surface area contributed by atoms with Crippen LogP contribution < -0.4 is 26.2 Å². The first-order valence-corrected chi connectivity index (χ1v) is 5.97. The van der Waals surface area contributed by atoms with E-state index in [0.717, 1.165) is 6.42 Å². The number of rotatable bonds is 7. The molecule has 19 heavy (non-hydrogen) atoms. The van der Waals surface area contributed by atoms with Crippen molar-refractivity contribution < 1.29 is 9.53 Å². The number of nitrogen functional groups attached to an aromatic ring is 1. The van der Waals surface area contributed by atoms with E-state index in [2.05, 4.69) is 20.7 Å². The predicted octanol–water partition coefficient (Wildman–Crippen LogP) is -0.267. The summed E-state index contributed by atoms with van der Waals surface area (Å²) in [4.78, 5) is 21.4. The molecule has 0 radical (unpaired) electrons. The van der Waals surface area contributed by atoms with Crippen LogP contribution in [0.15, 0.2) is 6.33 Å². The normalized spacial score (nSPS) is 9.89. The van der Waals surface area contributed by atoms with Gasteiger partial charge in [0.15, 0.2) is 11.6 Å². The lowest BCUT2D eigenvalue weighted by Crippen LogP contribution is -2.36. The molecule has 0 bridgehead atoms. The van der Waals surface area contributed by atoms with Gasteiger partial charge in [0.05, 0.1) is 13.7 Å². The Kier molecular flexibility index (Phi) is 5.80. The molecule has 0 saturated carbocycles. The van der Waals surface area contributed by atoms with Crippen LogP contribution in [0.5, 0.6) is 5.75 Å². The van der Waals surface area contributed by atoms with Gasteiger partial charge < -0.3 is 20.4 Å². The molecule has 0 aliphatic heterocycles. The number of nitrogens with two attached hydrogens (primary N) is 1. The summed E-state index contributed by atoms with van der Waals surface area (Å²) < 4.78 is 5.21. The van der Waals surface area contributed by atoms with Crippen molar-refractivity contribution in [2.24, 2.45) is 5.84 Å². The highest BCUT2D eigenvalue weighted by atomic mass is 16.5. The first-order valence-electron chi connectivity index (χ1n) is 5.97. The van der Waals surface area contributed by atoms with Gasteiger partial charge in [-0.25, -0.2) is 15.8 Å². The number of amides is 1. The fourth-order valence-corrected chi connectivity index (χ4v) is 1.54. The van der Waals surface area contributed by atoms with Crippen molar-refractivity contribution in [1.29, 1.82) is 0 Å². The molecule has 0 aliphatic rings. The molecule has 1 aromatic heterocycles. The van der Waals surface area contributed by atoms with Crippen molar-refractivity contribution in [1.82, 2.24) is 15.3 Å². The summed E-state index contributed by atoms with van der Waals surface area (Å²) in [6.07, 6.45) is 2.25. The number of aromatic nitrogens is 2. The number of anilines is 2. The van der Waals surface area contributed by atoms with Crippen LogP contribution in [0.1, 0.15) is 13.3 Å². The van der Waals surface area contributed by atoms with Gasteiger partial charge in [0, 0.05) is 13.6 Å². The Morgan fingerprint density at radius 2 is 2.26 bits per heavy atom. The van der Waals surface area contributed by atoms with Gasteiger partial charge in [-0.2, -0.15) is 0 Å². The second-order valence-corrected chi connectivity index (χ2v) is 3.93. The van der Waals surface area contributed by atoms with E-state index in [1.165, 1.54) is 13.4 Å². The second kappa shape index (κ2) is 7.37. The molecular formula is C11H20N6O2. The van der Waals surface area contributed by atoms with E-state index in [1.54, 1.807) is 11.9 Å². The molecule has 0 unspecified atom stereocenters. The molecule has 1 rings (SSSR count). The fourth-order valence-electron chi connectivity index (χ4n) is 1.54. The van der Waals surface area contributed by atoms with Crippen LogP contribution in [0.3, 0.4) is 0 Å². The Labute approximate surface area is 112 Å². The molecule has 1 aromatic rings. The van der Waals surface area contributed by atoms with E-state index < -0.39 is 0 Å². The van der Waals surface area contributed by atoms with Gasteiger partial charge in [0.1, 0.15) is 6.33 Å². The zero-order chi connectivity index (χ0) is 14.3. The van der Waals surface area contributed by atoms with Crippen LogP contribution in [0.2, 0.25) is 0 Å². The van der Waals surface area contributed by atoms with E-state index in [-0.39, 0.29) is 12.5 Å². The predicted molar refractivity (Wildman–Crippen MR) is 73.0 cm³/mol. The molecule has 0 fully saturated rings. The van der Waals surface area contributed by atoms with Gasteiger partial charge in [-0.3, -0.25) is 4.79 Å². The van der Waals surface area contributed by atoms with Crippen LogP contribution in [-0.2, 0) is 4.79 Å². The van der Waals surface area contributed by atoms with Gasteiger partial charge in [-0.05, 0) is 6.42 Å². The third-order valence-corrected chi connectivity index (χ3v) is 2.44. The lowest BCUT2D eigenvalue weighted by atomic mass is 10.4. The van der Waals surface area contributed by atoms with Crippen molar-refractivity contribution in [3.63, 3.8) is 0 Å². The van der Waals surface area contributed by atoms with Crippen LogP contribution in [-0.4, -0.2) is 43.1 Å². The first kappa shape index (κ1) is 15.0. The summed E-state index contributed by atoms with van der Waals surface area (Å²) in [6.45, 7) is 2.83. The minimum absolute atomic E-state index is 0.0766. The zero-order valence-electron chi connectivity index (χ0n) is 11.4. The Morgan fingerprint density at radius 1 is 1.53 bits per heavy atom. The van der Waals surface area contributed by atoms with Gasteiger partial charge in [-0.1, -0.05) is 6.92 Å². The molecule has 0 saturated heterocycles. The van der Waals surface area contributed by atoms with Crippen molar-refractivity contribution in [2.75, 3.05) is 37.6 Å². The van der Waals surface area contributed by atoms with Crippen molar-refractivity contribution in [3.8, 4) is 5.75 Å². The summed E-state index contributed by atoms with van der Waals surface area (Å²) in [5.41, 5.74) is 2.43. The summed E-state index contributed by atoms with van der Waals surface area (Å²) in [5.74, 6) is 6.53. The number of carbonyl (C=O) groups is 1. The first-order chi connectivity index (χ1) is 9.13. The standard InChI is InChI=1S/C11H20N6O2/c1-4-5-13-8(18)6-17(2)11-9(19-3)10(16-12)14-7-15-11/h7H,4-6,12H2,1-3H3,(H,13,18)(H,14,15,16). The molecule has 8 nitrogen and oxygen atoms in total. The third-order valence-electron chi connectivity index (χ3n) is 2.44. The summed E-state index contributed by atoms with van der Waals surface area (Å²) in [6, 6.07) is 0. The van der Waals surface area contributed by atoms with Crippen LogP contribution in [0.25, 0.3) is 0 Å². The Balaban J connectivity index is 2.81. The lowest BCUT2D eigenvalue weighted by Gasteiger charge is -2.20. The molecular weight excluding hydrogens is 248 g/mol. The third kappa shape index (κ3) is 3.95. The maximum absolute atomic E-state index is 11.7. The number of hydrogen-bond acceptors (Lipinski definition) is 7. The minimum Gasteiger partial charge on any atom is -0.490 e. The Hall–Kier alpha value is -2.09. The smallest absolute Gasteiger partial charge is 0.239 e. The van der Waals surface area contributed by atoms with Crippen molar-refractivity contribution in [2.45, 2.75) is 13.3 Å².